The number of anilines is 2. The topological polar surface area (TPSA) is 100 Å². The highest BCUT2D eigenvalue weighted by atomic mass is 35.5. The van der Waals surface area contributed by atoms with Crippen LogP contribution in [0, 0.1) is 0 Å². The van der Waals surface area contributed by atoms with Crippen molar-refractivity contribution >= 4 is 38.8 Å². The van der Waals surface area contributed by atoms with E-state index in [1.54, 1.807) is 37.6 Å². The van der Waals surface area contributed by atoms with Gasteiger partial charge in [-0.25, -0.2) is 18.4 Å². The molecule has 0 unspecified atom stereocenters. The van der Waals surface area contributed by atoms with Gasteiger partial charge >= 0.3 is 0 Å². The maximum absolute atomic E-state index is 12.4. The molecule has 0 aliphatic heterocycles. The molecular formula is C22H23ClN6O2S. The molecule has 2 heterocycles. The van der Waals surface area contributed by atoms with E-state index in [1.807, 2.05) is 40.9 Å². The van der Waals surface area contributed by atoms with Crippen molar-refractivity contribution in [3.05, 3.63) is 77.7 Å². The van der Waals surface area contributed by atoms with E-state index in [0.29, 0.717) is 29.6 Å². The van der Waals surface area contributed by atoms with Crippen LogP contribution < -0.4 is 15.4 Å². The van der Waals surface area contributed by atoms with Crippen LogP contribution in [0.15, 0.2) is 67.1 Å². The molecule has 0 atom stereocenters. The molecule has 4 rings (SSSR count). The molecule has 0 aliphatic carbocycles. The lowest BCUT2D eigenvalue weighted by molar-refractivity contribution is 0.595. The van der Waals surface area contributed by atoms with Crippen LogP contribution in [0.1, 0.15) is 5.56 Å². The maximum Gasteiger partial charge on any atom is 0.233 e. The third-order valence-electron chi connectivity index (χ3n) is 4.88. The van der Waals surface area contributed by atoms with Gasteiger partial charge in [0.15, 0.2) is 11.5 Å². The van der Waals surface area contributed by atoms with E-state index < -0.39 is 10.0 Å². The number of imidazole rings is 1. The number of benzene rings is 2. The minimum absolute atomic E-state index is 0.0393. The largest absolute Gasteiger partial charge is 0.370 e. The number of fused-ring (bicyclic) bond motifs is 1. The fourth-order valence-corrected chi connectivity index (χ4v) is 4.56. The number of sulfonamides is 1. The molecule has 0 amide bonds. The van der Waals surface area contributed by atoms with Crippen molar-refractivity contribution in [2.24, 2.45) is 0 Å². The maximum atomic E-state index is 12.4. The summed E-state index contributed by atoms with van der Waals surface area (Å²) in [5, 5.41) is 6.80. The molecule has 2 aromatic carbocycles. The van der Waals surface area contributed by atoms with Gasteiger partial charge in [0.1, 0.15) is 0 Å². The van der Waals surface area contributed by atoms with Gasteiger partial charge in [-0.15, -0.1) is 0 Å². The van der Waals surface area contributed by atoms with Crippen LogP contribution >= 0.6 is 11.6 Å². The number of halogens is 1. The first-order valence-corrected chi connectivity index (χ1v) is 12.0. The Morgan fingerprint density at radius 1 is 1.09 bits per heavy atom. The highest BCUT2D eigenvalue weighted by Gasteiger charge is 2.12. The van der Waals surface area contributed by atoms with Gasteiger partial charge in [0.25, 0.3) is 0 Å². The van der Waals surface area contributed by atoms with E-state index in [2.05, 4.69) is 25.3 Å². The molecule has 0 aliphatic rings. The summed E-state index contributed by atoms with van der Waals surface area (Å²) in [5.74, 6) is 0.648. The number of hydrogen-bond acceptors (Lipinski definition) is 6. The van der Waals surface area contributed by atoms with Gasteiger partial charge in [-0.3, -0.25) is 9.12 Å². The number of rotatable bonds is 9. The van der Waals surface area contributed by atoms with E-state index in [0.717, 1.165) is 22.5 Å². The van der Waals surface area contributed by atoms with Crippen molar-refractivity contribution < 1.29 is 8.42 Å². The first kappa shape index (κ1) is 22.1. The summed E-state index contributed by atoms with van der Waals surface area (Å²) < 4.78 is 29.4. The molecule has 8 nitrogen and oxygen atoms in total. The second-order valence-electron chi connectivity index (χ2n) is 7.17. The van der Waals surface area contributed by atoms with Crippen molar-refractivity contribution in [2.75, 3.05) is 29.4 Å². The minimum atomic E-state index is -3.48. The molecule has 0 fully saturated rings. The van der Waals surface area contributed by atoms with Crippen LogP contribution in [-0.4, -0.2) is 42.1 Å². The predicted molar refractivity (Wildman–Crippen MR) is 129 cm³/mol. The van der Waals surface area contributed by atoms with Crippen molar-refractivity contribution in [3.8, 4) is 11.3 Å². The van der Waals surface area contributed by atoms with Gasteiger partial charge in [0.2, 0.25) is 10.0 Å². The Bertz CT molecular complexity index is 1320. The Hall–Kier alpha value is -3.14. The highest BCUT2D eigenvalue weighted by molar-refractivity contribution is 7.92. The molecule has 166 valence electrons. The normalized spacial score (nSPS) is 11.6. The van der Waals surface area contributed by atoms with Gasteiger partial charge in [0.05, 0.1) is 17.6 Å². The molecule has 4 aromatic rings. The smallest absolute Gasteiger partial charge is 0.233 e. The van der Waals surface area contributed by atoms with E-state index in [4.69, 9.17) is 11.6 Å². The van der Waals surface area contributed by atoms with Gasteiger partial charge in [-0.05, 0) is 29.8 Å². The average Bonchev–Trinajstić information content (AvgIpc) is 3.21. The minimum Gasteiger partial charge on any atom is -0.370 e. The molecule has 0 saturated heterocycles. The van der Waals surface area contributed by atoms with Crippen LogP contribution in [0.3, 0.4) is 0 Å². The summed E-state index contributed by atoms with van der Waals surface area (Å²) in [6.45, 7) is 0.873. The van der Waals surface area contributed by atoms with E-state index in [9.17, 15) is 8.42 Å². The van der Waals surface area contributed by atoms with Crippen molar-refractivity contribution in [1.82, 2.24) is 19.7 Å². The predicted octanol–water partition coefficient (Wildman–Crippen LogP) is 3.62. The van der Waals surface area contributed by atoms with Gasteiger partial charge < -0.3 is 10.6 Å². The third kappa shape index (κ3) is 5.18. The molecule has 32 heavy (non-hydrogen) atoms. The lowest BCUT2D eigenvalue weighted by atomic mass is 10.1. The monoisotopic (exact) mass is 470 g/mol. The van der Waals surface area contributed by atoms with E-state index in [-0.39, 0.29) is 5.75 Å². The fraction of sp³-hybridized carbons (Fsp3) is 0.182. The lowest BCUT2D eigenvalue weighted by Crippen LogP contribution is -2.26. The summed E-state index contributed by atoms with van der Waals surface area (Å²) in [5.41, 5.74) is 4.04. The zero-order chi connectivity index (χ0) is 22.6. The summed E-state index contributed by atoms with van der Waals surface area (Å²) in [6.07, 6.45) is 5.31. The third-order valence-corrected chi connectivity index (χ3v) is 6.41. The van der Waals surface area contributed by atoms with Gasteiger partial charge in [0, 0.05) is 48.8 Å². The molecule has 0 spiro atoms. The number of aromatic nitrogens is 3. The molecule has 3 N–H and O–H groups in total. The van der Waals surface area contributed by atoms with Crippen LogP contribution in [0.5, 0.6) is 0 Å². The highest BCUT2D eigenvalue weighted by Crippen LogP contribution is 2.25. The average molecular weight is 471 g/mol. The Kier molecular flexibility index (Phi) is 6.59. The molecule has 0 radical (unpaired) electrons. The Morgan fingerprint density at radius 3 is 2.66 bits per heavy atom. The molecule has 2 aromatic heterocycles. The van der Waals surface area contributed by atoms with Crippen LogP contribution in [0.4, 0.5) is 11.5 Å². The zero-order valence-corrected chi connectivity index (χ0v) is 19.0. The van der Waals surface area contributed by atoms with Crippen LogP contribution in [0.2, 0.25) is 5.02 Å². The SMILES string of the molecule is CNc1nccn2c(-c3ccc(NS(=O)(=O)CCNCc4cccc(Cl)c4)cc3)cnc12. The standard InChI is InChI=1S/C22H23ClN6O2S/c1-24-21-22-27-15-20(29(22)11-9-26-21)17-5-7-19(8-6-17)28-32(30,31)12-10-25-14-16-3-2-4-18(23)13-16/h2-9,11,13,15,25,28H,10,12,14H2,1H3,(H,24,26). The second kappa shape index (κ2) is 9.56. The fourth-order valence-electron chi connectivity index (χ4n) is 3.33. The van der Waals surface area contributed by atoms with E-state index in [1.165, 1.54) is 0 Å². The molecule has 0 saturated carbocycles. The summed E-state index contributed by atoms with van der Waals surface area (Å²) in [7, 11) is -1.68. The second-order valence-corrected chi connectivity index (χ2v) is 9.45. The van der Waals surface area contributed by atoms with Crippen LogP contribution in [0.25, 0.3) is 16.9 Å². The Balaban J connectivity index is 1.37. The number of hydrogen-bond donors (Lipinski definition) is 3. The quantitative estimate of drug-likeness (QED) is 0.323. The first-order chi connectivity index (χ1) is 15.4. The van der Waals surface area contributed by atoms with Crippen LogP contribution in [-0.2, 0) is 16.6 Å². The van der Waals surface area contributed by atoms with Gasteiger partial charge in [-0.2, -0.15) is 0 Å². The first-order valence-electron chi connectivity index (χ1n) is 10.0. The van der Waals surface area contributed by atoms with E-state index >= 15 is 0 Å². The van der Waals surface area contributed by atoms with Crippen molar-refractivity contribution in [3.63, 3.8) is 0 Å². The molecule has 0 bridgehead atoms. The summed E-state index contributed by atoms with van der Waals surface area (Å²) in [4.78, 5) is 8.68. The number of nitrogens with zero attached hydrogens (tertiary/aromatic N) is 3. The van der Waals surface area contributed by atoms with Crippen molar-refractivity contribution in [2.45, 2.75) is 6.54 Å². The molecule has 10 heteroatoms. The van der Waals surface area contributed by atoms with Crippen molar-refractivity contribution in [1.29, 1.82) is 0 Å². The summed E-state index contributed by atoms with van der Waals surface area (Å²) >= 11 is 5.96. The lowest BCUT2D eigenvalue weighted by Gasteiger charge is -2.10. The molecular weight excluding hydrogens is 448 g/mol. The van der Waals surface area contributed by atoms with Gasteiger partial charge in [-0.1, -0.05) is 35.9 Å². The zero-order valence-electron chi connectivity index (χ0n) is 17.4. The number of nitrogens with one attached hydrogen (secondary N) is 3. The summed E-state index contributed by atoms with van der Waals surface area (Å²) in [6, 6.07) is 14.7. The Morgan fingerprint density at radius 2 is 1.91 bits per heavy atom. The Labute approximate surface area is 191 Å².